The molecular weight excluding hydrogens is 470 g/mol. The van der Waals surface area contributed by atoms with Crippen LogP contribution in [0.4, 0.5) is 17.5 Å². The van der Waals surface area contributed by atoms with E-state index in [9.17, 15) is 4.79 Å². The minimum absolute atomic E-state index is 0.189. The molecule has 1 amide bonds. The van der Waals surface area contributed by atoms with E-state index in [1.165, 1.54) is 0 Å². The minimum atomic E-state index is -0.291. The Labute approximate surface area is 212 Å². The van der Waals surface area contributed by atoms with Gasteiger partial charge in [0.25, 0.3) is 5.91 Å². The molecule has 0 aliphatic carbocycles. The molecule has 7 rings (SSSR count). The van der Waals surface area contributed by atoms with E-state index in [1.807, 2.05) is 56.3 Å². The van der Waals surface area contributed by atoms with Crippen LogP contribution in [0.3, 0.4) is 0 Å². The lowest BCUT2D eigenvalue weighted by Crippen LogP contribution is -2.71. The standard InChI is InChI=1S/C25H27N11O/c1-14-21(15(2)36-24(34(14)3)31-32-33-36)23(37)28-17-4-5-19-18(9-17)22(30-29-19)16-6-7-27-20(8-16)35-12-25(13-35)10-26-11-25/h4-9,15,26H,10-13H2,1-3H3,(H,28,37)(H,29,30)/t15-/m0/s1. The highest BCUT2D eigenvalue weighted by atomic mass is 16.1. The van der Waals surface area contributed by atoms with Gasteiger partial charge in [0.05, 0.1) is 17.1 Å². The normalized spacial score (nSPS) is 20.1. The van der Waals surface area contributed by atoms with E-state index < -0.39 is 0 Å². The van der Waals surface area contributed by atoms with Gasteiger partial charge in [-0.1, -0.05) is 5.10 Å². The number of nitrogens with zero attached hydrogens (tertiary/aromatic N) is 8. The summed E-state index contributed by atoms with van der Waals surface area (Å²) in [6.07, 6.45) is 1.84. The number of fused-ring (bicyclic) bond motifs is 2. The van der Waals surface area contributed by atoms with Crippen LogP contribution in [0.1, 0.15) is 19.9 Å². The van der Waals surface area contributed by atoms with Gasteiger partial charge in [-0.2, -0.15) is 5.10 Å². The van der Waals surface area contributed by atoms with Gasteiger partial charge in [0.15, 0.2) is 0 Å². The highest BCUT2D eigenvalue weighted by Gasteiger charge is 2.48. The number of carbonyl (C=O) groups is 1. The number of allylic oxidation sites excluding steroid dienone is 1. The zero-order valence-electron chi connectivity index (χ0n) is 20.9. The van der Waals surface area contributed by atoms with Crippen molar-refractivity contribution < 1.29 is 4.79 Å². The molecule has 3 N–H and O–H groups in total. The average molecular weight is 498 g/mol. The quantitative estimate of drug-likeness (QED) is 0.387. The number of aromatic nitrogens is 7. The number of rotatable bonds is 4. The van der Waals surface area contributed by atoms with E-state index in [0.717, 1.165) is 59.9 Å². The first-order valence-electron chi connectivity index (χ1n) is 12.4. The Morgan fingerprint density at radius 3 is 2.81 bits per heavy atom. The van der Waals surface area contributed by atoms with E-state index in [-0.39, 0.29) is 11.9 Å². The number of benzene rings is 1. The molecular formula is C25H27N11O. The van der Waals surface area contributed by atoms with Gasteiger partial charge in [-0.25, -0.2) is 9.67 Å². The van der Waals surface area contributed by atoms with Crippen LogP contribution in [-0.4, -0.2) is 74.5 Å². The zero-order chi connectivity index (χ0) is 25.3. The van der Waals surface area contributed by atoms with Crippen molar-refractivity contribution in [3.8, 4) is 11.3 Å². The summed E-state index contributed by atoms with van der Waals surface area (Å²) in [5, 5.41) is 27.0. The molecule has 3 aliphatic heterocycles. The summed E-state index contributed by atoms with van der Waals surface area (Å²) in [6, 6.07) is 9.55. The predicted molar refractivity (Wildman–Crippen MR) is 139 cm³/mol. The molecule has 0 unspecified atom stereocenters. The topological polar surface area (TPSA) is 133 Å². The van der Waals surface area contributed by atoms with E-state index in [2.05, 4.69) is 52.3 Å². The van der Waals surface area contributed by atoms with Crippen LogP contribution < -0.4 is 20.4 Å². The van der Waals surface area contributed by atoms with Gasteiger partial charge < -0.3 is 20.4 Å². The Hall–Kier alpha value is -4.32. The number of hydrogen-bond acceptors (Lipinski definition) is 9. The molecule has 188 valence electrons. The first-order valence-corrected chi connectivity index (χ1v) is 12.4. The highest BCUT2D eigenvalue weighted by Crippen LogP contribution is 2.38. The summed E-state index contributed by atoms with van der Waals surface area (Å²) in [4.78, 5) is 22.2. The molecule has 6 heterocycles. The molecule has 0 bridgehead atoms. The summed E-state index contributed by atoms with van der Waals surface area (Å²) in [5.74, 6) is 1.39. The molecule has 0 saturated carbocycles. The summed E-state index contributed by atoms with van der Waals surface area (Å²) < 4.78 is 1.65. The maximum atomic E-state index is 13.4. The van der Waals surface area contributed by atoms with Crippen LogP contribution >= 0.6 is 0 Å². The lowest BCUT2D eigenvalue weighted by atomic mass is 9.74. The fourth-order valence-corrected chi connectivity index (χ4v) is 5.65. The molecule has 4 aromatic rings. The van der Waals surface area contributed by atoms with E-state index in [0.29, 0.717) is 22.6 Å². The molecule has 37 heavy (non-hydrogen) atoms. The Balaban J connectivity index is 1.16. The molecule has 12 nitrogen and oxygen atoms in total. The fraction of sp³-hybridized carbons (Fsp3) is 0.360. The van der Waals surface area contributed by atoms with Gasteiger partial charge in [0.2, 0.25) is 5.95 Å². The van der Waals surface area contributed by atoms with E-state index in [1.54, 1.807) is 4.68 Å². The molecule has 2 saturated heterocycles. The van der Waals surface area contributed by atoms with Crippen molar-refractivity contribution in [2.75, 3.05) is 48.3 Å². The average Bonchev–Trinajstić information content (AvgIpc) is 3.49. The molecule has 1 aromatic carbocycles. The second-order valence-corrected chi connectivity index (χ2v) is 10.3. The van der Waals surface area contributed by atoms with Crippen molar-refractivity contribution in [1.29, 1.82) is 0 Å². The zero-order valence-corrected chi connectivity index (χ0v) is 20.9. The van der Waals surface area contributed by atoms with E-state index in [4.69, 9.17) is 0 Å². The number of nitrogens with one attached hydrogen (secondary N) is 3. The van der Waals surface area contributed by atoms with Crippen LogP contribution in [-0.2, 0) is 4.79 Å². The van der Waals surface area contributed by atoms with Gasteiger partial charge in [0.1, 0.15) is 11.5 Å². The number of pyridine rings is 1. The Morgan fingerprint density at radius 2 is 2.03 bits per heavy atom. The number of anilines is 3. The number of tetrazole rings is 1. The summed E-state index contributed by atoms with van der Waals surface area (Å²) in [7, 11) is 1.85. The molecule has 12 heteroatoms. The fourth-order valence-electron chi connectivity index (χ4n) is 5.65. The van der Waals surface area contributed by atoms with Crippen LogP contribution in [0.5, 0.6) is 0 Å². The van der Waals surface area contributed by atoms with Crippen molar-refractivity contribution in [3.05, 3.63) is 47.8 Å². The number of aromatic amines is 1. The maximum Gasteiger partial charge on any atom is 0.255 e. The summed E-state index contributed by atoms with van der Waals surface area (Å²) in [5.41, 5.74) is 5.25. The predicted octanol–water partition coefficient (Wildman–Crippen LogP) is 1.94. The molecule has 3 aliphatic rings. The Bertz CT molecular complexity index is 1570. The van der Waals surface area contributed by atoms with Gasteiger partial charge in [-0.05, 0) is 54.6 Å². The number of amides is 1. The lowest BCUT2D eigenvalue weighted by molar-refractivity contribution is -0.113. The third kappa shape index (κ3) is 3.32. The van der Waals surface area contributed by atoms with E-state index >= 15 is 0 Å². The molecule has 1 atom stereocenters. The van der Waals surface area contributed by atoms with Gasteiger partial charge in [-0.3, -0.25) is 9.89 Å². The second kappa shape index (κ2) is 7.84. The summed E-state index contributed by atoms with van der Waals surface area (Å²) in [6.45, 7) is 8.06. The number of H-pyrrole nitrogens is 1. The lowest BCUT2D eigenvalue weighted by Gasteiger charge is -2.56. The molecule has 0 radical (unpaired) electrons. The largest absolute Gasteiger partial charge is 0.355 e. The van der Waals surface area contributed by atoms with Crippen LogP contribution in [0.2, 0.25) is 0 Å². The number of carbonyl (C=O) groups excluding carboxylic acids is 1. The molecule has 1 spiro atoms. The van der Waals surface area contributed by atoms with Crippen molar-refractivity contribution >= 4 is 34.3 Å². The summed E-state index contributed by atoms with van der Waals surface area (Å²) >= 11 is 0. The first kappa shape index (κ1) is 21.9. The van der Waals surface area contributed by atoms with Gasteiger partial charge >= 0.3 is 0 Å². The SMILES string of the molecule is CC1=C(C(=O)Nc2ccc3[nH]nc(-c4ccnc(N5CC6(CNC6)C5)c4)c3c2)[C@H](C)n2nnnc2N1C. The number of hydrogen-bond donors (Lipinski definition) is 3. The third-order valence-corrected chi connectivity index (χ3v) is 7.91. The van der Waals surface area contributed by atoms with Crippen molar-refractivity contribution in [2.24, 2.45) is 5.41 Å². The van der Waals surface area contributed by atoms with Gasteiger partial charge in [-0.15, -0.1) is 0 Å². The molecule has 2 fully saturated rings. The van der Waals surface area contributed by atoms with Crippen LogP contribution in [0, 0.1) is 5.41 Å². The Kier molecular flexibility index (Phi) is 4.64. The first-order chi connectivity index (χ1) is 17.9. The highest BCUT2D eigenvalue weighted by molar-refractivity contribution is 6.07. The molecule has 3 aromatic heterocycles. The third-order valence-electron chi connectivity index (χ3n) is 7.91. The second-order valence-electron chi connectivity index (χ2n) is 10.3. The van der Waals surface area contributed by atoms with Gasteiger partial charge in [0, 0.05) is 67.2 Å². The van der Waals surface area contributed by atoms with Crippen molar-refractivity contribution in [2.45, 2.75) is 19.9 Å². The monoisotopic (exact) mass is 497 g/mol. The maximum absolute atomic E-state index is 13.4. The minimum Gasteiger partial charge on any atom is -0.355 e. The van der Waals surface area contributed by atoms with Crippen molar-refractivity contribution in [1.82, 2.24) is 40.7 Å². The Morgan fingerprint density at radius 1 is 1.19 bits per heavy atom. The van der Waals surface area contributed by atoms with Crippen LogP contribution in [0.15, 0.2) is 47.8 Å². The van der Waals surface area contributed by atoms with Crippen LogP contribution in [0.25, 0.3) is 22.2 Å². The van der Waals surface area contributed by atoms with Crippen molar-refractivity contribution in [3.63, 3.8) is 0 Å². The smallest absolute Gasteiger partial charge is 0.255 e.